The van der Waals surface area contributed by atoms with Gasteiger partial charge in [0.25, 0.3) is 0 Å². The molecule has 3 aromatic rings. The summed E-state index contributed by atoms with van der Waals surface area (Å²) in [4.78, 5) is 12.8. The lowest BCUT2D eigenvalue weighted by Crippen LogP contribution is -2.28. The molecule has 0 aliphatic carbocycles. The first kappa shape index (κ1) is 20.6. The lowest BCUT2D eigenvalue weighted by molar-refractivity contribution is 0.476. The fourth-order valence-electron chi connectivity index (χ4n) is 4.37. The molecule has 0 amide bonds. The minimum Gasteiger partial charge on any atom is -0.422 e. The number of hydrogen-bond acceptors (Lipinski definition) is 6. The van der Waals surface area contributed by atoms with E-state index in [0.717, 1.165) is 25.7 Å². The first-order valence-electron chi connectivity index (χ1n) is 10.3. The van der Waals surface area contributed by atoms with Gasteiger partial charge in [-0.15, -0.1) is 0 Å². The monoisotopic (exact) mass is 462 g/mol. The average molecular weight is 463 g/mol. The number of hydrogen-bond donors (Lipinski definition) is 0. The van der Waals surface area contributed by atoms with Crippen LogP contribution in [0.15, 0.2) is 55.4 Å². The first-order valence-corrected chi connectivity index (χ1v) is 13.2. The Morgan fingerprint density at radius 1 is 0.645 bits per heavy atom. The molecule has 2 aliphatic heterocycles. The molecule has 31 heavy (non-hydrogen) atoms. The molecule has 3 heterocycles. The Hall–Kier alpha value is -2.27. The molecule has 0 spiro atoms. The maximum Gasteiger partial charge on any atom is 0.344 e. The van der Waals surface area contributed by atoms with Gasteiger partial charge in [-0.05, 0) is 49.9 Å². The van der Waals surface area contributed by atoms with Gasteiger partial charge in [-0.25, -0.2) is 21.6 Å². The van der Waals surface area contributed by atoms with Crippen molar-refractivity contribution in [2.45, 2.75) is 35.5 Å². The molecule has 164 valence electrons. The zero-order chi connectivity index (χ0) is 21.8. The van der Waals surface area contributed by atoms with Crippen LogP contribution in [0.2, 0.25) is 0 Å². The number of rotatable bonds is 4. The van der Waals surface area contributed by atoms with Crippen LogP contribution in [0, 0.1) is 0 Å². The summed E-state index contributed by atoms with van der Waals surface area (Å²) >= 11 is 0. The van der Waals surface area contributed by atoms with Gasteiger partial charge in [-0.1, -0.05) is 6.07 Å². The molecule has 0 atom stereocenters. The predicted octanol–water partition coefficient (Wildman–Crippen LogP) is 2.52. The SMILES string of the molecule is O=c1oc2cc(S(=O)(=O)N3CCCC3)ccc2c2ccc(S(=O)(=O)N3CCCC3)cc12. The number of fused-ring (bicyclic) bond motifs is 3. The van der Waals surface area contributed by atoms with Gasteiger partial charge in [0.05, 0.1) is 15.2 Å². The molecular formula is C21H22N2O6S2. The molecule has 0 saturated carbocycles. The van der Waals surface area contributed by atoms with Crippen LogP contribution in [0.25, 0.3) is 21.7 Å². The smallest absolute Gasteiger partial charge is 0.344 e. The molecule has 8 nitrogen and oxygen atoms in total. The second kappa shape index (κ2) is 7.40. The Morgan fingerprint density at radius 2 is 1.13 bits per heavy atom. The number of benzene rings is 2. The van der Waals surface area contributed by atoms with Crippen molar-refractivity contribution in [2.75, 3.05) is 26.2 Å². The Balaban J connectivity index is 1.63. The summed E-state index contributed by atoms with van der Waals surface area (Å²) in [5.74, 6) is 0. The Kier molecular flexibility index (Phi) is 4.93. The summed E-state index contributed by atoms with van der Waals surface area (Å²) in [6.45, 7) is 1.91. The fraction of sp³-hybridized carbons (Fsp3) is 0.381. The van der Waals surface area contributed by atoms with E-state index < -0.39 is 25.7 Å². The van der Waals surface area contributed by atoms with Crippen LogP contribution >= 0.6 is 0 Å². The molecule has 0 bridgehead atoms. The second-order valence-corrected chi connectivity index (χ2v) is 11.9. The van der Waals surface area contributed by atoms with Crippen molar-refractivity contribution in [1.82, 2.24) is 8.61 Å². The molecule has 1 aromatic heterocycles. The van der Waals surface area contributed by atoms with E-state index in [0.29, 0.717) is 37.0 Å². The van der Waals surface area contributed by atoms with Crippen LogP contribution in [0.1, 0.15) is 25.7 Å². The normalized spacial score (nSPS) is 19.0. The zero-order valence-electron chi connectivity index (χ0n) is 16.8. The zero-order valence-corrected chi connectivity index (χ0v) is 18.4. The highest BCUT2D eigenvalue weighted by Crippen LogP contribution is 2.30. The van der Waals surface area contributed by atoms with Gasteiger partial charge in [0.1, 0.15) is 5.58 Å². The topological polar surface area (TPSA) is 105 Å². The lowest BCUT2D eigenvalue weighted by atomic mass is 10.1. The highest BCUT2D eigenvalue weighted by atomic mass is 32.2. The highest BCUT2D eigenvalue weighted by molar-refractivity contribution is 7.89. The van der Waals surface area contributed by atoms with Crippen LogP contribution < -0.4 is 5.63 Å². The third-order valence-corrected chi connectivity index (χ3v) is 9.85. The van der Waals surface area contributed by atoms with Gasteiger partial charge in [0.2, 0.25) is 20.0 Å². The maximum atomic E-state index is 12.9. The Morgan fingerprint density at radius 3 is 1.68 bits per heavy atom. The largest absolute Gasteiger partial charge is 0.422 e. The molecule has 0 unspecified atom stereocenters. The van der Waals surface area contributed by atoms with Gasteiger partial charge in [0.15, 0.2) is 0 Å². The van der Waals surface area contributed by atoms with Crippen LogP contribution in [0.3, 0.4) is 0 Å². The van der Waals surface area contributed by atoms with E-state index in [1.807, 2.05) is 0 Å². The second-order valence-electron chi connectivity index (χ2n) is 7.98. The van der Waals surface area contributed by atoms with Crippen LogP contribution in [-0.2, 0) is 20.0 Å². The Bertz CT molecular complexity index is 1450. The molecule has 0 radical (unpaired) electrons. The Labute approximate surface area is 180 Å². The predicted molar refractivity (Wildman–Crippen MR) is 116 cm³/mol. The third kappa shape index (κ3) is 3.38. The van der Waals surface area contributed by atoms with Gasteiger partial charge < -0.3 is 4.42 Å². The molecule has 10 heteroatoms. The quantitative estimate of drug-likeness (QED) is 0.436. The third-order valence-electron chi connectivity index (χ3n) is 6.06. The minimum atomic E-state index is -3.67. The van der Waals surface area contributed by atoms with E-state index in [2.05, 4.69) is 0 Å². The van der Waals surface area contributed by atoms with Gasteiger partial charge >= 0.3 is 5.63 Å². The van der Waals surface area contributed by atoms with E-state index in [-0.39, 0.29) is 20.8 Å². The molecule has 0 N–H and O–H groups in total. The van der Waals surface area contributed by atoms with Crippen molar-refractivity contribution in [3.05, 3.63) is 46.8 Å². The molecular weight excluding hydrogens is 440 g/mol. The van der Waals surface area contributed by atoms with E-state index >= 15 is 0 Å². The summed E-state index contributed by atoms with van der Waals surface area (Å²) in [5, 5.41) is 1.24. The molecule has 5 rings (SSSR count). The van der Waals surface area contributed by atoms with Crippen molar-refractivity contribution in [1.29, 1.82) is 0 Å². The maximum absolute atomic E-state index is 12.9. The van der Waals surface area contributed by atoms with Gasteiger partial charge in [-0.3, -0.25) is 0 Å². The highest BCUT2D eigenvalue weighted by Gasteiger charge is 2.29. The number of sulfonamides is 2. The van der Waals surface area contributed by atoms with Crippen LogP contribution in [0.5, 0.6) is 0 Å². The molecule has 2 aromatic carbocycles. The first-order chi connectivity index (χ1) is 14.8. The average Bonchev–Trinajstić information content (AvgIpc) is 3.47. The molecule has 2 fully saturated rings. The lowest BCUT2D eigenvalue weighted by Gasteiger charge is -2.16. The molecule has 2 saturated heterocycles. The van der Waals surface area contributed by atoms with E-state index in [4.69, 9.17) is 4.42 Å². The summed E-state index contributed by atoms with van der Waals surface area (Å²) in [6, 6.07) is 8.92. The van der Waals surface area contributed by atoms with E-state index in [1.54, 1.807) is 12.1 Å². The van der Waals surface area contributed by atoms with E-state index in [1.165, 1.54) is 32.9 Å². The number of nitrogens with zero attached hydrogens (tertiary/aromatic N) is 2. The summed E-state index contributed by atoms with van der Waals surface area (Å²) in [7, 11) is -7.31. The van der Waals surface area contributed by atoms with Crippen molar-refractivity contribution >= 4 is 41.8 Å². The van der Waals surface area contributed by atoms with E-state index in [9.17, 15) is 21.6 Å². The standard InChI is InChI=1S/C21H22N2O6S2/c24-21-19-13-15(30(25,26)22-9-1-2-10-22)5-7-17(19)18-8-6-16(14-20(18)29-21)31(27,28)23-11-3-4-12-23/h5-8,13-14H,1-4,9-12H2. The minimum absolute atomic E-state index is 0.0572. The summed E-state index contributed by atoms with van der Waals surface area (Å²) in [5.41, 5.74) is -0.537. The fourth-order valence-corrected chi connectivity index (χ4v) is 7.44. The van der Waals surface area contributed by atoms with Crippen molar-refractivity contribution in [3.8, 4) is 0 Å². The summed E-state index contributed by atoms with van der Waals surface area (Å²) in [6.07, 6.45) is 3.30. The van der Waals surface area contributed by atoms with Crippen molar-refractivity contribution in [2.24, 2.45) is 0 Å². The summed E-state index contributed by atoms with van der Waals surface area (Å²) < 4.78 is 59.7. The molecule has 2 aliphatic rings. The van der Waals surface area contributed by atoms with Gasteiger partial charge in [-0.2, -0.15) is 8.61 Å². The van der Waals surface area contributed by atoms with Crippen LogP contribution in [-0.4, -0.2) is 51.6 Å². The van der Waals surface area contributed by atoms with Crippen LogP contribution in [0.4, 0.5) is 0 Å². The van der Waals surface area contributed by atoms with Crippen molar-refractivity contribution in [3.63, 3.8) is 0 Å². The van der Waals surface area contributed by atoms with Gasteiger partial charge in [0, 0.05) is 43.0 Å². The van der Waals surface area contributed by atoms with Crippen molar-refractivity contribution < 1.29 is 21.3 Å².